The molecule has 2 fully saturated rings. The molecule has 2 aliphatic heterocycles. The van der Waals surface area contributed by atoms with Gasteiger partial charge in [0.2, 0.25) is 5.91 Å². The van der Waals surface area contributed by atoms with Gasteiger partial charge in [-0.3, -0.25) is 14.5 Å². The smallest absolute Gasteiger partial charge is 0.406 e. The minimum Gasteiger partial charge on any atom is -0.495 e. The monoisotopic (exact) mass is 704 g/mol. The number of hydrogen-bond acceptors (Lipinski definition) is 9. The van der Waals surface area contributed by atoms with E-state index >= 15 is 0 Å². The largest absolute Gasteiger partial charge is 0.495 e. The number of piperidine rings is 1. The lowest BCUT2D eigenvalue weighted by Crippen LogP contribution is -2.49. The van der Waals surface area contributed by atoms with Gasteiger partial charge in [0.05, 0.1) is 48.2 Å². The predicted octanol–water partition coefficient (Wildman–Crippen LogP) is 2.96. The third kappa shape index (κ3) is 9.87. The Kier molecular flexibility index (Phi) is 11.4. The lowest BCUT2D eigenvalue weighted by molar-refractivity contribution is -0.140. The maximum Gasteiger partial charge on any atom is 0.406 e. The van der Waals surface area contributed by atoms with E-state index in [9.17, 15) is 31.2 Å². The van der Waals surface area contributed by atoms with Crippen LogP contribution in [0.3, 0.4) is 0 Å². The van der Waals surface area contributed by atoms with Gasteiger partial charge in [-0.15, -0.1) is 0 Å². The van der Waals surface area contributed by atoms with Gasteiger partial charge in [-0.05, 0) is 56.0 Å². The maximum absolute atomic E-state index is 13.6. The number of nitrogens with one attached hydrogen (secondary N) is 3. The van der Waals surface area contributed by atoms with E-state index in [0.717, 1.165) is 30.0 Å². The number of amides is 2. The number of nitrogens with zero attached hydrogens (tertiary/aromatic N) is 3. The van der Waals surface area contributed by atoms with Crippen LogP contribution in [-0.2, 0) is 25.9 Å². The first-order valence-electron chi connectivity index (χ1n) is 15.9. The average molecular weight is 705 g/mol. The molecule has 0 saturated carbocycles. The third-order valence-electron chi connectivity index (χ3n) is 8.40. The summed E-state index contributed by atoms with van der Waals surface area (Å²) >= 11 is 0. The highest BCUT2D eigenvalue weighted by molar-refractivity contribution is 7.90. The van der Waals surface area contributed by atoms with Crippen LogP contribution in [0.1, 0.15) is 41.6 Å². The van der Waals surface area contributed by atoms with Crippen LogP contribution in [0.5, 0.6) is 5.75 Å². The van der Waals surface area contributed by atoms with Crippen molar-refractivity contribution in [1.82, 2.24) is 25.1 Å². The fourth-order valence-electron chi connectivity index (χ4n) is 5.89. The lowest BCUT2D eigenvalue weighted by Gasteiger charge is -2.32. The molecule has 16 heteroatoms. The van der Waals surface area contributed by atoms with Crippen LogP contribution < -0.4 is 20.7 Å². The molecular weight excluding hydrogens is 665 g/mol. The molecule has 0 aliphatic carbocycles. The number of fused-ring (bicyclic) bond motifs is 1. The number of benzene rings is 2. The van der Waals surface area contributed by atoms with Crippen molar-refractivity contribution in [3.05, 3.63) is 47.8 Å². The van der Waals surface area contributed by atoms with E-state index in [0.29, 0.717) is 56.1 Å². The Morgan fingerprint density at radius 3 is 2.45 bits per heavy atom. The number of imidazole rings is 1. The van der Waals surface area contributed by atoms with Crippen molar-refractivity contribution >= 4 is 38.4 Å². The molecule has 264 valence electrons. The molecule has 2 saturated heterocycles. The molecule has 0 atom stereocenters. The number of alkyl halides is 3. The third-order valence-corrected chi connectivity index (χ3v) is 9.51. The molecule has 3 N–H and O–H groups in total. The van der Waals surface area contributed by atoms with Crippen LogP contribution in [0.4, 0.5) is 18.9 Å². The number of ether oxygens (including phenoxy) is 2. The number of sulfone groups is 1. The molecule has 0 unspecified atom stereocenters. The van der Waals surface area contributed by atoms with Crippen LogP contribution >= 0.6 is 0 Å². The minimum absolute atomic E-state index is 0.0383. The molecular formula is C33H39F3N6O6S. The zero-order valence-electron chi connectivity index (χ0n) is 27.2. The lowest BCUT2D eigenvalue weighted by atomic mass is 10.0. The summed E-state index contributed by atoms with van der Waals surface area (Å²) in [6.45, 7) is 1.47. The molecule has 3 aromatic rings. The number of anilines is 1. The Hall–Kier alpha value is -4.33. The van der Waals surface area contributed by atoms with Gasteiger partial charge in [-0.25, -0.2) is 13.4 Å². The second-order valence-corrected chi connectivity index (χ2v) is 14.2. The summed E-state index contributed by atoms with van der Waals surface area (Å²) < 4.78 is 75.7. The summed E-state index contributed by atoms with van der Waals surface area (Å²) in [5.74, 6) is 5.65. The van der Waals surface area contributed by atoms with Crippen LogP contribution in [0.2, 0.25) is 0 Å². The van der Waals surface area contributed by atoms with Crippen molar-refractivity contribution in [2.75, 3.05) is 58.1 Å². The predicted molar refractivity (Wildman–Crippen MR) is 176 cm³/mol. The number of carbonyl (C=O) groups is 2. The van der Waals surface area contributed by atoms with E-state index in [1.807, 2.05) is 4.90 Å². The normalized spacial score (nSPS) is 16.5. The Bertz CT molecular complexity index is 1840. The fraction of sp³-hybridized carbons (Fsp3) is 0.485. The Balaban J connectivity index is 1.28. The topological polar surface area (TPSA) is 144 Å². The fourth-order valence-corrected chi connectivity index (χ4v) is 6.53. The molecule has 12 nitrogen and oxygen atoms in total. The van der Waals surface area contributed by atoms with Crippen LogP contribution in [-0.4, -0.2) is 106 Å². The Labute approximate surface area is 282 Å². The van der Waals surface area contributed by atoms with Gasteiger partial charge in [0.25, 0.3) is 5.91 Å². The Morgan fingerprint density at radius 1 is 1.06 bits per heavy atom. The Morgan fingerprint density at radius 2 is 1.78 bits per heavy atom. The zero-order chi connectivity index (χ0) is 35.2. The van der Waals surface area contributed by atoms with Crippen molar-refractivity contribution in [1.29, 1.82) is 0 Å². The first kappa shape index (κ1) is 36.0. The van der Waals surface area contributed by atoms with Gasteiger partial charge in [0, 0.05) is 50.2 Å². The number of rotatable bonds is 10. The molecule has 2 aromatic carbocycles. The number of likely N-dealkylation sites (tertiary alicyclic amines) is 1. The van der Waals surface area contributed by atoms with Gasteiger partial charge in [0.1, 0.15) is 17.8 Å². The molecule has 3 heterocycles. The number of halogens is 3. The molecule has 5 rings (SSSR count). The summed E-state index contributed by atoms with van der Waals surface area (Å²) in [5.41, 5.74) is 1.01. The SMILES string of the molecule is COc1ccc(S(C)(=O)=O)cc1NCC#Cc1cc(C(=O)NC2CCN(CC(=O)NC3CCOCC3)CC2)c2ncn(CC(F)(F)F)c2c1. The zero-order valence-corrected chi connectivity index (χ0v) is 28.0. The molecule has 0 spiro atoms. The van der Waals surface area contributed by atoms with Gasteiger partial charge in [0.15, 0.2) is 9.84 Å². The highest BCUT2D eigenvalue weighted by Crippen LogP contribution is 2.28. The number of aromatic nitrogens is 2. The summed E-state index contributed by atoms with van der Waals surface area (Å²) in [4.78, 5) is 32.4. The van der Waals surface area contributed by atoms with Gasteiger partial charge in [-0.2, -0.15) is 13.2 Å². The van der Waals surface area contributed by atoms with E-state index in [2.05, 4.69) is 32.8 Å². The molecule has 0 bridgehead atoms. The molecule has 1 aromatic heterocycles. The second kappa shape index (κ2) is 15.5. The number of hydrogen-bond donors (Lipinski definition) is 3. The van der Waals surface area contributed by atoms with E-state index in [-0.39, 0.29) is 52.6 Å². The molecule has 2 amide bonds. The van der Waals surface area contributed by atoms with Crippen molar-refractivity contribution in [3.8, 4) is 17.6 Å². The maximum atomic E-state index is 13.6. The first-order chi connectivity index (χ1) is 23.3. The van der Waals surface area contributed by atoms with Crippen molar-refractivity contribution in [2.45, 2.75) is 55.4 Å². The van der Waals surface area contributed by atoms with E-state index in [1.54, 1.807) is 0 Å². The quantitative estimate of drug-likeness (QED) is 0.272. The minimum atomic E-state index is -4.52. The van der Waals surface area contributed by atoms with Gasteiger partial charge >= 0.3 is 6.18 Å². The van der Waals surface area contributed by atoms with E-state index < -0.39 is 28.5 Å². The highest BCUT2D eigenvalue weighted by Gasteiger charge is 2.30. The highest BCUT2D eigenvalue weighted by atomic mass is 32.2. The second-order valence-electron chi connectivity index (χ2n) is 12.1. The van der Waals surface area contributed by atoms with Crippen molar-refractivity contribution in [2.24, 2.45) is 0 Å². The van der Waals surface area contributed by atoms with Crippen molar-refractivity contribution < 1.29 is 40.7 Å². The molecule has 49 heavy (non-hydrogen) atoms. The molecule has 2 aliphatic rings. The van der Waals surface area contributed by atoms with E-state index in [4.69, 9.17) is 9.47 Å². The van der Waals surface area contributed by atoms with Crippen LogP contribution in [0.25, 0.3) is 11.0 Å². The number of methoxy groups -OCH3 is 1. The summed E-state index contributed by atoms with van der Waals surface area (Å²) in [6.07, 6.45) is 0.402. The first-order valence-corrected chi connectivity index (χ1v) is 17.7. The average Bonchev–Trinajstić information content (AvgIpc) is 3.44. The number of carbonyl (C=O) groups excluding carboxylic acids is 2. The van der Waals surface area contributed by atoms with Gasteiger partial charge < -0.3 is 30.0 Å². The molecule has 0 radical (unpaired) electrons. The summed E-state index contributed by atoms with van der Waals surface area (Å²) in [5, 5.41) is 9.06. The van der Waals surface area contributed by atoms with Crippen LogP contribution in [0.15, 0.2) is 41.6 Å². The van der Waals surface area contributed by atoms with Crippen LogP contribution in [0, 0.1) is 11.8 Å². The van der Waals surface area contributed by atoms with Gasteiger partial charge in [-0.1, -0.05) is 11.8 Å². The summed E-state index contributed by atoms with van der Waals surface area (Å²) in [7, 11) is -2.03. The summed E-state index contributed by atoms with van der Waals surface area (Å²) in [6, 6.07) is 7.23. The van der Waals surface area contributed by atoms with Crippen molar-refractivity contribution in [3.63, 3.8) is 0 Å². The standard InChI is InChI=1S/C33H39F3N6O6S/c1-47-29-6-5-25(49(2,45)46)18-27(29)37-11-3-4-22-16-26(31-28(17-22)42(21-38-31)20-33(34,35)36)32(44)40-23-7-12-41(13-8-23)19-30(43)39-24-9-14-48-15-10-24/h5-6,16-18,21,23-24,37H,7-15,19-20H2,1-2H3,(H,39,43)(H,40,44). The van der Waals surface area contributed by atoms with E-state index in [1.165, 1.54) is 37.4 Å².